The zero-order chi connectivity index (χ0) is 15.7. The molecule has 0 aromatic heterocycles. The van der Waals surface area contributed by atoms with E-state index in [0.29, 0.717) is 11.5 Å². The molecule has 0 spiro atoms. The van der Waals surface area contributed by atoms with Gasteiger partial charge >= 0.3 is 6.18 Å². The molecule has 6 heteroatoms. The van der Waals surface area contributed by atoms with Crippen LogP contribution in [0.2, 0.25) is 0 Å². The number of alkyl halides is 3. The van der Waals surface area contributed by atoms with Crippen LogP contribution in [-0.4, -0.2) is 31.1 Å². The van der Waals surface area contributed by atoms with E-state index in [4.69, 9.17) is 0 Å². The van der Waals surface area contributed by atoms with Crippen molar-refractivity contribution in [1.82, 2.24) is 10.2 Å². The second kappa shape index (κ2) is 6.16. The fourth-order valence-electron chi connectivity index (χ4n) is 3.13. The number of hydrogen-bond donors (Lipinski definition) is 1. The molecule has 1 aromatic carbocycles. The largest absolute Gasteiger partial charge is 0.419 e. The van der Waals surface area contributed by atoms with Crippen LogP contribution in [0.1, 0.15) is 36.4 Å². The maximum atomic E-state index is 13.9. The normalized spacial score (nSPS) is 21.8. The fraction of sp³-hybridized carbons (Fsp3) is 0.625. The van der Waals surface area contributed by atoms with Crippen LogP contribution in [-0.2, 0) is 6.18 Å². The SMILES string of the molecule is Fc1cc([C@H](CC2CC2)N2CCNCC2)ccc1C(F)(F)F. The fourth-order valence-corrected chi connectivity index (χ4v) is 3.13. The van der Waals surface area contributed by atoms with Gasteiger partial charge in [-0.05, 0) is 30.0 Å². The first kappa shape index (κ1) is 15.7. The summed E-state index contributed by atoms with van der Waals surface area (Å²) in [7, 11) is 0. The van der Waals surface area contributed by atoms with Gasteiger partial charge in [0, 0.05) is 32.2 Å². The van der Waals surface area contributed by atoms with Crippen LogP contribution in [0.5, 0.6) is 0 Å². The number of benzene rings is 1. The second-order valence-electron chi connectivity index (χ2n) is 6.22. The van der Waals surface area contributed by atoms with Gasteiger partial charge in [0.2, 0.25) is 0 Å². The van der Waals surface area contributed by atoms with Gasteiger partial charge in [0.05, 0.1) is 5.56 Å². The smallest absolute Gasteiger partial charge is 0.314 e. The molecule has 1 heterocycles. The molecule has 1 saturated carbocycles. The molecule has 1 aromatic rings. The highest BCUT2D eigenvalue weighted by Crippen LogP contribution is 2.41. The van der Waals surface area contributed by atoms with Crippen LogP contribution in [0.15, 0.2) is 18.2 Å². The second-order valence-corrected chi connectivity index (χ2v) is 6.22. The van der Waals surface area contributed by atoms with Crippen molar-refractivity contribution in [3.8, 4) is 0 Å². The summed E-state index contributed by atoms with van der Waals surface area (Å²) >= 11 is 0. The molecular weight excluding hydrogens is 296 g/mol. The Morgan fingerprint density at radius 3 is 2.41 bits per heavy atom. The first-order chi connectivity index (χ1) is 10.4. The Labute approximate surface area is 127 Å². The van der Waals surface area contributed by atoms with Gasteiger partial charge < -0.3 is 5.32 Å². The zero-order valence-corrected chi connectivity index (χ0v) is 12.3. The zero-order valence-electron chi connectivity index (χ0n) is 12.3. The Hall–Kier alpha value is -1.14. The summed E-state index contributed by atoms with van der Waals surface area (Å²) in [6.45, 7) is 3.43. The van der Waals surface area contributed by atoms with Gasteiger partial charge in [-0.2, -0.15) is 13.2 Å². The molecule has 1 N–H and O–H groups in total. The molecule has 0 unspecified atom stereocenters. The quantitative estimate of drug-likeness (QED) is 0.854. The predicted octanol–water partition coefficient (Wildman–Crippen LogP) is 3.59. The number of hydrogen-bond acceptors (Lipinski definition) is 2. The number of rotatable bonds is 4. The van der Waals surface area contributed by atoms with Crippen LogP contribution in [0.3, 0.4) is 0 Å². The van der Waals surface area contributed by atoms with Crippen LogP contribution in [0.25, 0.3) is 0 Å². The van der Waals surface area contributed by atoms with Crippen molar-refractivity contribution < 1.29 is 17.6 Å². The third-order valence-corrected chi connectivity index (χ3v) is 4.53. The Kier molecular flexibility index (Phi) is 4.41. The van der Waals surface area contributed by atoms with Gasteiger partial charge in [0.15, 0.2) is 0 Å². The maximum absolute atomic E-state index is 13.9. The van der Waals surface area contributed by atoms with E-state index in [9.17, 15) is 17.6 Å². The Morgan fingerprint density at radius 2 is 1.86 bits per heavy atom. The first-order valence-electron chi connectivity index (χ1n) is 7.76. The molecule has 0 amide bonds. The molecule has 1 saturated heterocycles. The van der Waals surface area contributed by atoms with Crippen molar-refractivity contribution in [3.05, 3.63) is 35.1 Å². The van der Waals surface area contributed by atoms with Crippen molar-refractivity contribution in [3.63, 3.8) is 0 Å². The third kappa shape index (κ3) is 3.60. The Morgan fingerprint density at radius 1 is 1.18 bits per heavy atom. The topological polar surface area (TPSA) is 15.3 Å². The van der Waals surface area contributed by atoms with Crippen molar-refractivity contribution in [2.24, 2.45) is 5.92 Å². The lowest BCUT2D eigenvalue weighted by atomic mass is 9.97. The van der Waals surface area contributed by atoms with Crippen LogP contribution in [0.4, 0.5) is 17.6 Å². The molecule has 2 aliphatic rings. The van der Waals surface area contributed by atoms with E-state index in [1.54, 1.807) is 0 Å². The molecule has 1 aliphatic carbocycles. The van der Waals surface area contributed by atoms with E-state index < -0.39 is 17.6 Å². The average molecular weight is 316 g/mol. The molecule has 2 nitrogen and oxygen atoms in total. The highest BCUT2D eigenvalue weighted by Gasteiger charge is 2.35. The minimum Gasteiger partial charge on any atom is -0.314 e. The highest BCUT2D eigenvalue weighted by molar-refractivity contribution is 5.29. The van der Waals surface area contributed by atoms with E-state index in [0.717, 1.165) is 44.7 Å². The minimum absolute atomic E-state index is 0.0198. The van der Waals surface area contributed by atoms with E-state index in [-0.39, 0.29) is 6.04 Å². The number of nitrogens with zero attached hydrogens (tertiary/aromatic N) is 1. The molecule has 0 radical (unpaired) electrons. The molecule has 22 heavy (non-hydrogen) atoms. The lowest BCUT2D eigenvalue weighted by Crippen LogP contribution is -2.45. The Bertz CT molecular complexity index is 519. The van der Waals surface area contributed by atoms with E-state index in [2.05, 4.69) is 10.2 Å². The van der Waals surface area contributed by atoms with E-state index >= 15 is 0 Å². The molecule has 122 valence electrons. The van der Waals surface area contributed by atoms with Crippen LogP contribution >= 0.6 is 0 Å². The summed E-state index contributed by atoms with van der Waals surface area (Å²) < 4.78 is 52.0. The minimum atomic E-state index is -4.64. The molecule has 3 rings (SSSR count). The van der Waals surface area contributed by atoms with Gasteiger partial charge in [-0.1, -0.05) is 18.9 Å². The lowest BCUT2D eigenvalue weighted by molar-refractivity contribution is -0.140. The summed E-state index contributed by atoms with van der Waals surface area (Å²) in [5.74, 6) is -0.536. The Balaban J connectivity index is 1.84. The summed E-state index contributed by atoms with van der Waals surface area (Å²) in [6, 6.07) is 3.43. The molecule has 1 aliphatic heterocycles. The number of halogens is 4. The molecule has 2 fully saturated rings. The lowest BCUT2D eigenvalue weighted by Gasteiger charge is -2.35. The molecule has 1 atom stereocenters. The van der Waals surface area contributed by atoms with Gasteiger partial charge in [0.25, 0.3) is 0 Å². The van der Waals surface area contributed by atoms with Crippen molar-refractivity contribution in [2.45, 2.75) is 31.5 Å². The van der Waals surface area contributed by atoms with Gasteiger partial charge in [-0.25, -0.2) is 4.39 Å². The number of piperazine rings is 1. The van der Waals surface area contributed by atoms with E-state index in [1.807, 2.05) is 0 Å². The third-order valence-electron chi connectivity index (χ3n) is 4.53. The average Bonchev–Trinajstić information content (AvgIpc) is 3.28. The van der Waals surface area contributed by atoms with Crippen molar-refractivity contribution in [2.75, 3.05) is 26.2 Å². The summed E-state index contributed by atoms with van der Waals surface area (Å²) in [6.07, 6.45) is -1.38. The molecular formula is C16H20F4N2. The van der Waals surface area contributed by atoms with Crippen molar-refractivity contribution in [1.29, 1.82) is 0 Å². The monoisotopic (exact) mass is 316 g/mol. The van der Waals surface area contributed by atoms with E-state index in [1.165, 1.54) is 18.9 Å². The summed E-state index contributed by atoms with van der Waals surface area (Å²) in [5, 5.41) is 3.27. The summed E-state index contributed by atoms with van der Waals surface area (Å²) in [4.78, 5) is 2.26. The standard InChI is InChI=1S/C16H20F4N2/c17-14-10-12(3-4-13(14)16(18,19)20)15(9-11-1-2-11)22-7-5-21-6-8-22/h3-4,10-11,15,21H,1-2,5-9H2/t15-/m0/s1. The predicted molar refractivity (Wildman–Crippen MR) is 75.9 cm³/mol. The number of nitrogens with one attached hydrogen (secondary N) is 1. The molecule has 0 bridgehead atoms. The van der Waals surface area contributed by atoms with Crippen molar-refractivity contribution >= 4 is 0 Å². The summed E-state index contributed by atoms with van der Waals surface area (Å²) in [5.41, 5.74) is -0.513. The highest BCUT2D eigenvalue weighted by atomic mass is 19.4. The maximum Gasteiger partial charge on any atom is 0.419 e. The van der Waals surface area contributed by atoms with Gasteiger partial charge in [-0.15, -0.1) is 0 Å². The van der Waals surface area contributed by atoms with Gasteiger partial charge in [-0.3, -0.25) is 4.90 Å². The first-order valence-corrected chi connectivity index (χ1v) is 7.76. The van der Waals surface area contributed by atoms with Crippen LogP contribution in [0, 0.1) is 11.7 Å². The van der Waals surface area contributed by atoms with Crippen LogP contribution < -0.4 is 5.32 Å². The van der Waals surface area contributed by atoms with Gasteiger partial charge in [0.1, 0.15) is 5.82 Å².